The summed E-state index contributed by atoms with van der Waals surface area (Å²) in [5.41, 5.74) is 2.11. The Kier molecular flexibility index (Phi) is 3.09. The molecule has 1 saturated carbocycles. The van der Waals surface area contributed by atoms with Gasteiger partial charge < -0.3 is 14.3 Å². The molecule has 1 heterocycles. The summed E-state index contributed by atoms with van der Waals surface area (Å²) in [6.07, 6.45) is 2.39. The van der Waals surface area contributed by atoms with Crippen LogP contribution in [0.1, 0.15) is 25.3 Å². The molecule has 1 aliphatic heterocycles. The molecule has 2 aliphatic rings. The van der Waals surface area contributed by atoms with Gasteiger partial charge >= 0.3 is 0 Å². The maximum absolute atomic E-state index is 5.60. The number of hydrogen-bond donors (Lipinski definition) is 0. The topological polar surface area (TPSA) is 40.0 Å². The minimum absolute atomic E-state index is 0.541. The van der Waals surface area contributed by atoms with E-state index in [0.717, 1.165) is 22.8 Å². The van der Waals surface area contributed by atoms with Gasteiger partial charge in [0.15, 0.2) is 11.5 Å². The molecule has 0 N–H and O–H groups in total. The van der Waals surface area contributed by atoms with Gasteiger partial charge in [0.25, 0.3) is 0 Å². The molecule has 0 radical (unpaired) electrons. The third-order valence-electron chi connectivity index (χ3n) is 3.09. The normalized spacial score (nSPS) is 18.6. The van der Waals surface area contributed by atoms with Gasteiger partial charge in [0.05, 0.1) is 5.71 Å². The van der Waals surface area contributed by atoms with Gasteiger partial charge in [-0.1, -0.05) is 5.16 Å². The number of hydrogen-bond acceptors (Lipinski definition) is 4. The van der Waals surface area contributed by atoms with Gasteiger partial charge in [-0.2, -0.15) is 0 Å². The molecule has 0 atom stereocenters. The van der Waals surface area contributed by atoms with Crippen molar-refractivity contribution in [3.05, 3.63) is 23.8 Å². The number of nitrogens with zero attached hydrogens (tertiary/aromatic N) is 1. The van der Waals surface area contributed by atoms with E-state index in [1.807, 2.05) is 25.1 Å². The fourth-order valence-electron chi connectivity index (χ4n) is 2.06. The van der Waals surface area contributed by atoms with Crippen molar-refractivity contribution in [2.45, 2.75) is 19.8 Å². The van der Waals surface area contributed by atoms with E-state index in [0.29, 0.717) is 25.7 Å². The first-order valence-corrected chi connectivity index (χ1v) is 6.48. The quantitative estimate of drug-likeness (QED) is 0.606. The van der Waals surface area contributed by atoms with Gasteiger partial charge in [0.2, 0.25) is 0 Å². The average molecular weight is 247 g/mol. The summed E-state index contributed by atoms with van der Waals surface area (Å²) in [5, 5.41) is 4.24. The van der Waals surface area contributed by atoms with Crippen molar-refractivity contribution in [3.63, 3.8) is 0 Å². The van der Waals surface area contributed by atoms with Gasteiger partial charge in [-0.3, -0.25) is 0 Å². The maximum Gasteiger partial charge on any atom is 0.162 e. The molecule has 0 unspecified atom stereocenters. The second-order valence-corrected chi connectivity index (χ2v) is 4.53. The summed E-state index contributed by atoms with van der Waals surface area (Å²) in [7, 11) is 0. The SMILES string of the molecule is CCON=C(c1ccc2c(c1)OCCO2)C1CC1. The van der Waals surface area contributed by atoms with E-state index < -0.39 is 0 Å². The molecular formula is C14H17NO3. The molecule has 0 amide bonds. The van der Waals surface area contributed by atoms with Crippen LogP contribution in [0.2, 0.25) is 0 Å². The molecule has 1 aromatic rings. The average Bonchev–Trinajstić information content (AvgIpc) is 3.24. The summed E-state index contributed by atoms with van der Waals surface area (Å²) < 4.78 is 11.1. The lowest BCUT2D eigenvalue weighted by Crippen LogP contribution is -2.16. The highest BCUT2D eigenvalue weighted by Crippen LogP contribution is 2.37. The van der Waals surface area contributed by atoms with E-state index >= 15 is 0 Å². The Morgan fingerprint density at radius 2 is 2.06 bits per heavy atom. The molecule has 4 heteroatoms. The monoisotopic (exact) mass is 247 g/mol. The van der Waals surface area contributed by atoms with Crippen LogP contribution in [0.5, 0.6) is 11.5 Å². The molecule has 0 aromatic heterocycles. The second kappa shape index (κ2) is 4.88. The van der Waals surface area contributed by atoms with Crippen molar-refractivity contribution in [1.82, 2.24) is 0 Å². The molecule has 0 bridgehead atoms. The van der Waals surface area contributed by atoms with Crippen LogP contribution >= 0.6 is 0 Å². The van der Waals surface area contributed by atoms with Crippen LogP contribution in [0, 0.1) is 5.92 Å². The highest BCUT2D eigenvalue weighted by molar-refractivity contribution is 6.03. The zero-order chi connectivity index (χ0) is 12.4. The number of oxime groups is 1. The highest BCUT2D eigenvalue weighted by atomic mass is 16.6. The third-order valence-corrected chi connectivity index (χ3v) is 3.09. The third kappa shape index (κ3) is 2.28. The van der Waals surface area contributed by atoms with Crippen LogP contribution in [-0.4, -0.2) is 25.5 Å². The number of fused-ring (bicyclic) bond motifs is 1. The first kappa shape index (κ1) is 11.4. The molecule has 4 nitrogen and oxygen atoms in total. The highest BCUT2D eigenvalue weighted by Gasteiger charge is 2.30. The fraction of sp³-hybridized carbons (Fsp3) is 0.500. The Bertz CT molecular complexity index is 466. The summed E-state index contributed by atoms with van der Waals surface area (Å²) in [5.74, 6) is 2.17. The van der Waals surface area contributed by atoms with E-state index in [2.05, 4.69) is 5.16 Å². The zero-order valence-corrected chi connectivity index (χ0v) is 10.5. The number of rotatable bonds is 4. The predicted octanol–water partition coefficient (Wildman–Crippen LogP) is 2.61. The molecule has 1 aliphatic carbocycles. The van der Waals surface area contributed by atoms with Crippen LogP contribution in [-0.2, 0) is 4.84 Å². The lowest BCUT2D eigenvalue weighted by atomic mass is 10.1. The molecule has 0 spiro atoms. The number of ether oxygens (including phenoxy) is 2. The summed E-state index contributed by atoms with van der Waals surface area (Å²) in [6.45, 7) is 3.77. The van der Waals surface area contributed by atoms with Crippen molar-refractivity contribution in [1.29, 1.82) is 0 Å². The van der Waals surface area contributed by atoms with Gasteiger partial charge in [0.1, 0.15) is 19.8 Å². The van der Waals surface area contributed by atoms with Gasteiger partial charge in [-0.15, -0.1) is 0 Å². The smallest absolute Gasteiger partial charge is 0.162 e. The lowest BCUT2D eigenvalue weighted by Gasteiger charge is -2.19. The molecule has 1 aromatic carbocycles. The van der Waals surface area contributed by atoms with Crippen LogP contribution in [0.3, 0.4) is 0 Å². The van der Waals surface area contributed by atoms with E-state index in [1.54, 1.807) is 0 Å². The van der Waals surface area contributed by atoms with E-state index in [9.17, 15) is 0 Å². The molecule has 96 valence electrons. The van der Waals surface area contributed by atoms with Crippen molar-refractivity contribution in [2.24, 2.45) is 11.1 Å². The first-order chi connectivity index (χ1) is 8.88. The van der Waals surface area contributed by atoms with E-state index in [4.69, 9.17) is 14.3 Å². The van der Waals surface area contributed by atoms with E-state index in [1.165, 1.54) is 12.8 Å². The van der Waals surface area contributed by atoms with Crippen molar-refractivity contribution >= 4 is 5.71 Å². The Hall–Kier alpha value is -1.71. The van der Waals surface area contributed by atoms with Crippen LogP contribution < -0.4 is 9.47 Å². The maximum atomic E-state index is 5.60. The molecular weight excluding hydrogens is 230 g/mol. The van der Waals surface area contributed by atoms with Crippen molar-refractivity contribution in [3.8, 4) is 11.5 Å². The molecule has 0 saturated heterocycles. The minimum Gasteiger partial charge on any atom is -0.486 e. The lowest BCUT2D eigenvalue weighted by molar-refractivity contribution is 0.158. The standard InChI is InChI=1S/C14H17NO3/c1-2-18-15-14(10-3-4-10)11-5-6-12-13(9-11)17-8-7-16-12/h5-6,9-10H,2-4,7-8H2,1H3. The van der Waals surface area contributed by atoms with Crippen LogP contribution in [0.25, 0.3) is 0 Å². The largest absolute Gasteiger partial charge is 0.486 e. The summed E-state index contributed by atoms with van der Waals surface area (Å²) in [4.78, 5) is 5.21. The number of benzene rings is 1. The van der Waals surface area contributed by atoms with E-state index in [-0.39, 0.29) is 0 Å². The first-order valence-electron chi connectivity index (χ1n) is 6.48. The Morgan fingerprint density at radius 1 is 1.28 bits per heavy atom. The molecule has 3 rings (SSSR count). The fourth-order valence-corrected chi connectivity index (χ4v) is 2.06. The van der Waals surface area contributed by atoms with Crippen molar-refractivity contribution in [2.75, 3.05) is 19.8 Å². The van der Waals surface area contributed by atoms with Gasteiger partial charge in [0, 0.05) is 11.5 Å². The van der Waals surface area contributed by atoms with Crippen LogP contribution in [0.15, 0.2) is 23.4 Å². The summed E-state index contributed by atoms with van der Waals surface area (Å²) in [6, 6.07) is 5.99. The Morgan fingerprint density at radius 3 is 2.78 bits per heavy atom. The molecule has 18 heavy (non-hydrogen) atoms. The van der Waals surface area contributed by atoms with Gasteiger partial charge in [-0.05, 0) is 38.0 Å². The second-order valence-electron chi connectivity index (χ2n) is 4.53. The van der Waals surface area contributed by atoms with Crippen molar-refractivity contribution < 1.29 is 14.3 Å². The minimum atomic E-state index is 0.541. The van der Waals surface area contributed by atoms with Crippen LogP contribution in [0.4, 0.5) is 0 Å². The Labute approximate surface area is 107 Å². The molecule has 1 fully saturated rings. The summed E-state index contributed by atoms with van der Waals surface area (Å²) >= 11 is 0. The predicted molar refractivity (Wildman–Crippen MR) is 68.3 cm³/mol. The van der Waals surface area contributed by atoms with Gasteiger partial charge in [-0.25, -0.2) is 0 Å². The Balaban J connectivity index is 1.89. The zero-order valence-electron chi connectivity index (χ0n) is 10.5.